The van der Waals surface area contributed by atoms with Crippen molar-refractivity contribution in [3.05, 3.63) is 75.7 Å². The van der Waals surface area contributed by atoms with Crippen LogP contribution >= 0.6 is 11.6 Å². The molecule has 1 aliphatic carbocycles. The molecule has 2 N–H and O–H groups in total. The summed E-state index contributed by atoms with van der Waals surface area (Å²) in [4.78, 5) is 12.9. The zero-order valence-corrected chi connectivity index (χ0v) is 16.9. The van der Waals surface area contributed by atoms with E-state index in [0.717, 1.165) is 46.2 Å². The summed E-state index contributed by atoms with van der Waals surface area (Å²) in [6.07, 6.45) is 1.84. The van der Waals surface area contributed by atoms with Crippen LogP contribution in [0, 0.1) is 6.57 Å². The first-order valence-corrected chi connectivity index (χ1v) is 9.68. The quantitative estimate of drug-likeness (QED) is 0.544. The molecule has 0 saturated carbocycles. The number of methoxy groups -OCH3 is 1. The minimum atomic E-state index is 0.133. The lowest BCUT2D eigenvalue weighted by atomic mass is 9.96. The van der Waals surface area contributed by atoms with Gasteiger partial charge in [-0.25, -0.2) is 9.83 Å². The van der Waals surface area contributed by atoms with E-state index in [1.807, 2.05) is 31.3 Å². The largest absolute Gasteiger partial charge is 0.508 e. The van der Waals surface area contributed by atoms with E-state index >= 15 is 0 Å². The lowest BCUT2D eigenvalue weighted by molar-refractivity contribution is 0.417. The molecule has 6 nitrogen and oxygen atoms in total. The number of aromatic nitrogens is 2. The number of nitrogens with one attached hydrogen (secondary N) is 2. The molecule has 0 fully saturated rings. The molecule has 0 spiro atoms. The second kappa shape index (κ2) is 7.98. The van der Waals surface area contributed by atoms with Crippen LogP contribution in [0.2, 0.25) is 5.02 Å². The third kappa shape index (κ3) is 3.57. The van der Waals surface area contributed by atoms with Crippen LogP contribution in [-0.4, -0.2) is 24.1 Å². The van der Waals surface area contributed by atoms with Gasteiger partial charge in [0, 0.05) is 29.2 Å². The van der Waals surface area contributed by atoms with E-state index in [4.69, 9.17) is 27.9 Å². The average molecular weight is 406 g/mol. The Morgan fingerprint density at radius 2 is 2.03 bits per heavy atom. The highest BCUT2D eigenvalue weighted by Crippen LogP contribution is 2.42. The standard InChI is InChI=1S/C22H20ClN5O/c1-24-18-11-8-13(12-19(18)29-3)26-22-27-20-15(14-6-4-5-7-17(14)23)9-10-16(20)21(25-2)28-22/h4-8,11-12,15H,9-10H2,2-3H3,(H2,25,26,27,28)/t15-/m0/s1. The lowest BCUT2D eigenvalue weighted by Crippen LogP contribution is -2.08. The van der Waals surface area contributed by atoms with Gasteiger partial charge < -0.3 is 15.4 Å². The summed E-state index contributed by atoms with van der Waals surface area (Å²) in [6.45, 7) is 7.22. The summed E-state index contributed by atoms with van der Waals surface area (Å²) in [5.74, 6) is 1.95. The Hall–Kier alpha value is -3.30. The summed E-state index contributed by atoms with van der Waals surface area (Å²) in [5, 5.41) is 7.19. The summed E-state index contributed by atoms with van der Waals surface area (Å²) in [5.41, 5.74) is 4.42. The van der Waals surface area contributed by atoms with Gasteiger partial charge in [0.2, 0.25) is 11.6 Å². The van der Waals surface area contributed by atoms with E-state index < -0.39 is 0 Å². The molecule has 0 aliphatic heterocycles. The molecule has 0 saturated heterocycles. The molecule has 3 aromatic rings. The molecule has 1 atom stereocenters. The van der Waals surface area contributed by atoms with E-state index in [-0.39, 0.29) is 5.92 Å². The molecule has 2 aromatic carbocycles. The number of ether oxygens (including phenoxy) is 1. The van der Waals surface area contributed by atoms with E-state index in [1.54, 1.807) is 19.2 Å². The van der Waals surface area contributed by atoms with E-state index in [0.29, 0.717) is 17.4 Å². The van der Waals surface area contributed by atoms with Crippen molar-refractivity contribution >= 4 is 34.7 Å². The highest BCUT2D eigenvalue weighted by molar-refractivity contribution is 6.31. The Morgan fingerprint density at radius 1 is 1.21 bits per heavy atom. The molecule has 4 rings (SSSR count). The van der Waals surface area contributed by atoms with Gasteiger partial charge >= 0.3 is 0 Å². The van der Waals surface area contributed by atoms with Crippen LogP contribution in [-0.2, 0) is 6.42 Å². The SMILES string of the molecule is [C-]#[N+]c1ccc(Nc2nc(NC)c3c(n2)[C@H](c2ccccc2Cl)CC3)cc1OC. The summed E-state index contributed by atoms with van der Waals surface area (Å²) in [6, 6.07) is 13.2. The fourth-order valence-corrected chi connectivity index (χ4v) is 4.03. The van der Waals surface area contributed by atoms with Gasteiger partial charge in [-0.3, -0.25) is 0 Å². The molecule has 0 amide bonds. The molecule has 146 valence electrons. The van der Waals surface area contributed by atoms with Crippen molar-refractivity contribution in [3.8, 4) is 5.75 Å². The molecular weight excluding hydrogens is 386 g/mol. The number of hydrogen-bond acceptors (Lipinski definition) is 5. The maximum atomic E-state index is 7.22. The van der Waals surface area contributed by atoms with Crippen LogP contribution in [0.15, 0.2) is 42.5 Å². The van der Waals surface area contributed by atoms with Crippen molar-refractivity contribution in [3.63, 3.8) is 0 Å². The molecule has 0 radical (unpaired) electrons. The first kappa shape index (κ1) is 19.0. The number of fused-ring (bicyclic) bond motifs is 1. The van der Waals surface area contributed by atoms with Crippen molar-refractivity contribution in [1.29, 1.82) is 0 Å². The Kier molecular flexibility index (Phi) is 5.24. The Labute approximate surface area is 174 Å². The van der Waals surface area contributed by atoms with Gasteiger partial charge in [0.25, 0.3) is 0 Å². The van der Waals surface area contributed by atoms with E-state index in [2.05, 4.69) is 26.5 Å². The van der Waals surface area contributed by atoms with Gasteiger partial charge in [0.15, 0.2) is 0 Å². The maximum Gasteiger partial charge on any atom is 0.229 e. The smallest absolute Gasteiger partial charge is 0.229 e. The van der Waals surface area contributed by atoms with Crippen LogP contribution in [0.25, 0.3) is 4.85 Å². The predicted octanol–water partition coefficient (Wildman–Crippen LogP) is 5.55. The zero-order chi connectivity index (χ0) is 20.4. The molecule has 1 heterocycles. The van der Waals surface area contributed by atoms with Gasteiger partial charge in [-0.2, -0.15) is 4.98 Å². The Balaban J connectivity index is 1.73. The monoisotopic (exact) mass is 405 g/mol. The minimum absolute atomic E-state index is 0.133. The molecule has 1 aromatic heterocycles. The van der Waals surface area contributed by atoms with Gasteiger partial charge in [-0.1, -0.05) is 35.9 Å². The van der Waals surface area contributed by atoms with Gasteiger partial charge in [0.1, 0.15) is 11.6 Å². The highest BCUT2D eigenvalue weighted by atomic mass is 35.5. The number of nitrogens with zero attached hydrogens (tertiary/aromatic N) is 3. The second-order valence-corrected chi connectivity index (χ2v) is 7.15. The van der Waals surface area contributed by atoms with Crippen LogP contribution in [0.1, 0.15) is 29.2 Å². The predicted molar refractivity (Wildman–Crippen MR) is 116 cm³/mol. The van der Waals surface area contributed by atoms with Crippen molar-refractivity contribution in [1.82, 2.24) is 9.97 Å². The van der Waals surface area contributed by atoms with Crippen molar-refractivity contribution in [2.75, 3.05) is 24.8 Å². The number of benzene rings is 2. The Morgan fingerprint density at radius 3 is 2.76 bits per heavy atom. The molecule has 0 bridgehead atoms. The lowest BCUT2D eigenvalue weighted by Gasteiger charge is -2.16. The number of rotatable bonds is 5. The molecule has 0 unspecified atom stereocenters. The third-order valence-corrected chi connectivity index (χ3v) is 5.47. The fraction of sp³-hybridized carbons (Fsp3) is 0.227. The minimum Gasteiger partial charge on any atom is -0.508 e. The van der Waals surface area contributed by atoms with Crippen molar-refractivity contribution < 1.29 is 4.74 Å². The van der Waals surface area contributed by atoms with Crippen molar-refractivity contribution in [2.24, 2.45) is 0 Å². The van der Waals surface area contributed by atoms with Crippen LogP contribution < -0.4 is 15.4 Å². The molecular formula is C22H20ClN5O. The van der Waals surface area contributed by atoms with Crippen molar-refractivity contribution in [2.45, 2.75) is 18.8 Å². The maximum absolute atomic E-state index is 7.22. The van der Waals surface area contributed by atoms with Crippen LogP contribution in [0.3, 0.4) is 0 Å². The third-order valence-electron chi connectivity index (χ3n) is 5.13. The summed E-state index contributed by atoms with van der Waals surface area (Å²) < 4.78 is 5.30. The number of anilines is 3. The van der Waals surface area contributed by atoms with E-state index in [9.17, 15) is 0 Å². The normalized spacial score (nSPS) is 14.8. The molecule has 29 heavy (non-hydrogen) atoms. The summed E-state index contributed by atoms with van der Waals surface area (Å²) in [7, 11) is 3.41. The second-order valence-electron chi connectivity index (χ2n) is 6.75. The first-order chi connectivity index (χ1) is 14.1. The summed E-state index contributed by atoms with van der Waals surface area (Å²) >= 11 is 6.46. The fourth-order valence-electron chi connectivity index (χ4n) is 3.76. The van der Waals surface area contributed by atoms with Gasteiger partial charge in [-0.05, 0) is 36.6 Å². The van der Waals surface area contributed by atoms with Gasteiger partial charge in [0.05, 0.1) is 19.4 Å². The van der Waals surface area contributed by atoms with E-state index in [1.165, 1.54) is 0 Å². The van der Waals surface area contributed by atoms with Gasteiger partial charge in [-0.15, -0.1) is 0 Å². The average Bonchev–Trinajstić information content (AvgIpc) is 3.17. The topological polar surface area (TPSA) is 63.4 Å². The number of halogens is 1. The van der Waals surface area contributed by atoms with Crippen LogP contribution in [0.4, 0.5) is 23.1 Å². The Bertz CT molecular complexity index is 1110. The molecule has 7 heteroatoms. The zero-order valence-electron chi connectivity index (χ0n) is 16.2. The molecule has 1 aliphatic rings. The van der Waals surface area contributed by atoms with Crippen LogP contribution in [0.5, 0.6) is 5.75 Å². The number of hydrogen-bond donors (Lipinski definition) is 2. The first-order valence-electron chi connectivity index (χ1n) is 9.30. The highest BCUT2D eigenvalue weighted by Gasteiger charge is 2.30.